The van der Waals surface area contributed by atoms with Crippen LogP contribution in [0.3, 0.4) is 0 Å². The quantitative estimate of drug-likeness (QED) is 0.540. The number of aromatic nitrogens is 8. The molecule has 1 aliphatic rings. The highest BCUT2D eigenvalue weighted by atomic mass is 15.6. The third-order valence-corrected chi connectivity index (χ3v) is 4.76. The number of hydrogen-bond donors (Lipinski definition) is 0. The van der Waals surface area contributed by atoms with Crippen LogP contribution < -0.4 is 4.90 Å². The second kappa shape index (κ2) is 6.84. The lowest BCUT2D eigenvalue weighted by Gasteiger charge is -2.27. The van der Waals surface area contributed by atoms with Gasteiger partial charge < -0.3 is 4.90 Å². The Morgan fingerprint density at radius 2 is 2.00 bits per heavy atom. The molecular weight excluding hydrogens is 354 g/mol. The monoisotopic (exact) mass is 373 g/mol. The summed E-state index contributed by atoms with van der Waals surface area (Å²) in [6.07, 6.45) is 4.57. The number of hydrogen-bond acceptors (Lipinski definition) is 7. The number of anilines is 1. The summed E-state index contributed by atoms with van der Waals surface area (Å²) in [5.41, 5.74) is 3.02. The second-order valence-corrected chi connectivity index (χ2v) is 6.83. The van der Waals surface area contributed by atoms with Gasteiger partial charge in [-0.2, -0.15) is 0 Å². The highest BCUT2D eigenvalue weighted by Gasteiger charge is 2.24. The molecule has 0 bridgehead atoms. The summed E-state index contributed by atoms with van der Waals surface area (Å²) in [5, 5.41) is 21.8. The lowest BCUT2D eigenvalue weighted by molar-refractivity contribution is 0.551. The van der Waals surface area contributed by atoms with Crippen LogP contribution in [-0.4, -0.2) is 46.5 Å². The van der Waals surface area contributed by atoms with Gasteiger partial charge >= 0.3 is 0 Å². The Hall–Kier alpha value is -3.62. The molecule has 140 valence electrons. The summed E-state index contributed by atoms with van der Waals surface area (Å²) in [6, 6.07) is 11.9. The summed E-state index contributed by atoms with van der Waals surface area (Å²) < 4.78 is 2.13. The normalized spacial score (nSPS) is 13.5. The molecular formula is C19H19N9. The van der Waals surface area contributed by atoms with Gasteiger partial charge in [-0.15, -0.1) is 25.2 Å². The molecule has 9 nitrogen and oxygen atoms in total. The van der Waals surface area contributed by atoms with E-state index in [-0.39, 0.29) is 0 Å². The van der Waals surface area contributed by atoms with Crippen LogP contribution in [0, 0.1) is 6.92 Å². The molecule has 0 spiro atoms. The SMILES string of the molecule is Cc1cccc(-n2nnc(CN3CCCn4c(-c5cccnc5)nnc43)n2)c1. The first-order valence-corrected chi connectivity index (χ1v) is 9.22. The lowest BCUT2D eigenvalue weighted by atomic mass is 10.2. The number of aryl methyl sites for hydroxylation is 1. The fourth-order valence-corrected chi connectivity index (χ4v) is 3.45. The maximum atomic E-state index is 4.54. The lowest BCUT2D eigenvalue weighted by Crippen LogP contribution is -2.32. The molecule has 1 aliphatic heterocycles. The van der Waals surface area contributed by atoms with E-state index in [0.717, 1.165) is 48.1 Å². The molecule has 3 aromatic heterocycles. The zero-order valence-electron chi connectivity index (χ0n) is 15.5. The van der Waals surface area contributed by atoms with E-state index in [2.05, 4.69) is 40.1 Å². The number of fused-ring (bicyclic) bond motifs is 1. The summed E-state index contributed by atoms with van der Waals surface area (Å²) >= 11 is 0. The van der Waals surface area contributed by atoms with E-state index in [1.807, 2.05) is 49.5 Å². The summed E-state index contributed by atoms with van der Waals surface area (Å²) in [4.78, 5) is 7.90. The molecule has 4 heterocycles. The molecule has 0 aliphatic carbocycles. The Labute approximate surface area is 161 Å². The van der Waals surface area contributed by atoms with Crippen LogP contribution in [0.25, 0.3) is 17.1 Å². The summed E-state index contributed by atoms with van der Waals surface area (Å²) in [5.74, 6) is 2.32. The van der Waals surface area contributed by atoms with Crippen LogP contribution in [0.2, 0.25) is 0 Å². The van der Waals surface area contributed by atoms with Gasteiger partial charge in [0.1, 0.15) is 0 Å². The minimum absolute atomic E-state index is 0.539. The number of tetrazole rings is 1. The summed E-state index contributed by atoms with van der Waals surface area (Å²) in [6.45, 7) is 4.34. The Morgan fingerprint density at radius 3 is 2.86 bits per heavy atom. The molecule has 1 aromatic carbocycles. The van der Waals surface area contributed by atoms with E-state index in [1.54, 1.807) is 11.0 Å². The van der Waals surface area contributed by atoms with Crippen molar-refractivity contribution in [3.05, 3.63) is 60.2 Å². The van der Waals surface area contributed by atoms with Crippen molar-refractivity contribution in [3.8, 4) is 17.1 Å². The van der Waals surface area contributed by atoms with Crippen LogP contribution >= 0.6 is 0 Å². The number of benzene rings is 1. The minimum Gasteiger partial charge on any atom is -0.333 e. The van der Waals surface area contributed by atoms with Crippen LogP contribution in [0.1, 0.15) is 17.8 Å². The van der Waals surface area contributed by atoms with Gasteiger partial charge in [0.15, 0.2) is 11.6 Å². The fourth-order valence-electron chi connectivity index (χ4n) is 3.45. The predicted molar refractivity (Wildman–Crippen MR) is 103 cm³/mol. The highest BCUT2D eigenvalue weighted by molar-refractivity contribution is 5.56. The first-order chi connectivity index (χ1) is 13.8. The van der Waals surface area contributed by atoms with Gasteiger partial charge in [0.2, 0.25) is 5.95 Å². The van der Waals surface area contributed by atoms with Crippen molar-refractivity contribution in [2.45, 2.75) is 26.4 Å². The standard InChI is InChI=1S/C19H19N9/c1-14-5-2-7-16(11-14)28-24-17(21-25-28)13-26-9-4-10-27-18(22-23-19(26)27)15-6-3-8-20-12-15/h2-3,5-8,11-12H,4,9-10,13H2,1H3. The molecule has 9 heteroatoms. The zero-order valence-corrected chi connectivity index (χ0v) is 15.5. The third kappa shape index (κ3) is 3.00. The molecule has 0 amide bonds. The Bertz CT molecular complexity index is 1100. The van der Waals surface area contributed by atoms with Gasteiger partial charge in [-0.05, 0) is 48.4 Å². The van der Waals surface area contributed by atoms with Gasteiger partial charge in [0.05, 0.1) is 12.2 Å². The number of nitrogens with zero attached hydrogens (tertiary/aromatic N) is 9. The van der Waals surface area contributed by atoms with E-state index in [4.69, 9.17) is 0 Å². The average molecular weight is 373 g/mol. The first kappa shape index (κ1) is 16.5. The highest BCUT2D eigenvalue weighted by Crippen LogP contribution is 2.26. The van der Waals surface area contributed by atoms with Gasteiger partial charge in [-0.3, -0.25) is 9.55 Å². The van der Waals surface area contributed by atoms with Crippen molar-refractivity contribution in [2.24, 2.45) is 0 Å². The van der Waals surface area contributed by atoms with E-state index in [1.165, 1.54) is 0 Å². The van der Waals surface area contributed by atoms with E-state index >= 15 is 0 Å². The molecule has 4 aromatic rings. The van der Waals surface area contributed by atoms with E-state index < -0.39 is 0 Å². The Kier molecular flexibility index (Phi) is 4.04. The van der Waals surface area contributed by atoms with E-state index in [9.17, 15) is 0 Å². The van der Waals surface area contributed by atoms with Crippen molar-refractivity contribution < 1.29 is 0 Å². The van der Waals surface area contributed by atoms with Crippen LogP contribution in [-0.2, 0) is 13.1 Å². The van der Waals surface area contributed by atoms with Crippen molar-refractivity contribution in [1.29, 1.82) is 0 Å². The van der Waals surface area contributed by atoms with Crippen molar-refractivity contribution >= 4 is 5.95 Å². The number of pyridine rings is 1. The third-order valence-electron chi connectivity index (χ3n) is 4.76. The largest absolute Gasteiger partial charge is 0.333 e. The Balaban J connectivity index is 1.40. The molecule has 0 atom stereocenters. The van der Waals surface area contributed by atoms with Crippen LogP contribution in [0.15, 0.2) is 48.8 Å². The smallest absolute Gasteiger partial charge is 0.227 e. The molecule has 0 saturated carbocycles. The molecule has 0 unspecified atom stereocenters. The van der Waals surface area contributed by atoms with Gasteiger partial charge in [0.25, 0.3) is 0 Å². The van der Waals surface area contributed by atoms with Crippen LogP contribution in [0.5, 0.6) is 0 Å². The summed E-state index contributed by atoms with van der Waals surface area (Å²) in [7, 11) is 0. The molecule has 0 N–H and O–H groups in total. The van der Waals surface area contributed by atoms with Gasteiger partial charge in [-0.1, -0.05) is 12.1 Å². The first-order valence-electron chi connectivity index (χ1n) is 9.22. The number of rotatable bonds is 4. The molecule has 28 heavy (non-hydrogen) atoms. The van der Waals surface area contributed by atoms with Gasteiger partial charge in [0, 0.05) is 31.0 Å². The topological polar surface area (TPSA) is 90.4 Å². The fraction of sp³-hybridized carbons (Fsp3) is 0.263. The second-order valence-electron chi connectivity index (χ2n) is 6.83. The van der Waals surface area contributed by atoms with E-state index in [0.29, 0.717) is 12.4 Å². The van der Waals surface area contributed by atoms with Crippen molar-refractivity contribution in [1.82, 2.24) is 40.0 Å². The minimum atomic E-state index is 0.539. The average Bonchev–Trinajstić information content (AvgIpc) is 3.36. The maximum absolute atomic E-state index is 4.54. The van der Waals surface area contributed by atoms with Crippen molar-refractivity contribution in [2.75, 3.05) is 11.4 Å². The molecule has 0 saturated heterocycles. The van der Waals surface area contributed by atoms with Crippen molar-refractivity contribution in [3.63, 3.8) is 0 Å². The van der Waals surface area contributed by atoms with Gasteiger partial charge in [-0.25, -0.2) is 0 Å². The maximum Gasteiger partial charge on any atom is 0.227 e. The predicted octanol–water partition coefficient (Wildman–Crippen LogP) is 2.03. The molecule has 0 radical (unpaired) electrons. The van der Waals surface area contributed by atoms with Crippen LogP contribution in [0.4, 0.5) is 5.95 Å². The Morgan fingerprint density at radius 1 is 1.04 bits per heavy atom. The zero-order chi connectivity index (χ0) is 18.9. The molecule has 0 fully saturated rings. The molecule has 5 rings (SSSR count).